The van der Waals surface area contributed by atoms with Gasteiger partial charge in [-0.1, -0.05) is 207 Å². The maximum absolute atomic E-state index is 13.1. The molecule has 2 unspecified atom stereocenters. The summed E-state index contributed by atoms with van der Waals surface area (Å²) in [7, 11) is 2.22. The number of piperazine rings is 1. The van der Waals surface area contributed by atoms with Gasteiger partial charge in [0.25, 0.3) is 0 Å². The van der Waals surface area contributed by atoms with Gasteiger partial charge in [0.15, 0.2) is 0 Å². The highest BCUT2D eigenvalue weighted by Crippen LogP contribution is 2.22. The van der Waals surface area contributed by atoms with Crippen molar-refractivity contribution < 1.29 is 19.1 Å². The normalized spacial score (nSPS) is 14.7. The molecule has 0 N–H and O–H groups in total. The van der Waals surface area contributed by atoms with Crippen LogP contribution in [0.15, 0.2) is 0 Å². The van der Waals surface area contributed by atoms with Gasteiger partial charge in [0.1, 0.15) is 0 Å². The molecule has 2 atom stereocenters. The predicted octanol–water partition coefficient (Wildman–Crippen LogP) is 15.4. The molecule has 0 amide bonds. The van der Waals surface area contributed by atoms with Crippen molar-refractivity contribution in [3.63, 3.8) is 0 Å². The molecule has 7 nitrogen and oxygen atoms in total. The molecule has 1 aliphatic heterocycles. The molecule has 1 heterocycles. The molecule has 1 fully saturated rings. The molecule has 0 spiro atoms. The number of nitrogens with zero attached hydrogens (tertiary/aromatic N) is 3. The zero-order valence-electron chi connectivity index (χ0n) is 43.4. The third-order valence-corrected chi connectivity index (χ3v) is 14.1. The van der Waals surface area contributed by atoms with Crippen LogP contribution in [0.3, 0.4) is 0 Å². The van der Waals surface area contributed by atoms with Gasteiger partial charge in [-0.05, 0) is 90.0 Å². The van der Waals surface area contributed by atoms with E-state index >= 15 is 0 Å². The Balaban J connectivity index is 2.60. The van der Waals surface area contributed by atoms with Gasteiger partial charge in [0, 0.05) is 39.0 Å². The van der Waals surface area contributed by atoms with Crippen molar-refractivity contribution in [2.24, 2.45) is 11.8 Å². The van der Waals surface area contributed by atoms with Gasteiger partial charge in [-0.15, -0.1) is 0 Å². The number of esters is 2. The predicted molar refractivity (Wildman–Crippen MR) is 273 cm³/mol. The van der Waals surface area contributed by atoms with Gasteiger partial charge >= 0.3 is 11.9 Å². The van der Waals surface area contributed by atoms with Gasteiger partial charge < -0.3 is 24.2 Å². The minimum absolute atomic E-state index is 0.0256. The molecule has 374 valence electrons. The first kappa shape index (κ1) is 59.8. The fourth-order valence-electron chi connectivity index (χ4n) is 9.57. The quantitative estimate of drug-likeness (QED) is 0.0445. The first-order chi connectivity index (χ1) is 30.9. The molecule has 1 saturated heterocycles. The van der Waals surface area contributed by atoms with Crippen molar-refractivity contribution in [2.75, 3.05) is 72.6 Å². The lowest BCUT2D eigenvalue weighted by Crippen LogP contribution is -2.45. The van der Waals surface area contributed by atoms with Crippen LogP contribution in [0.2, 0.25) is 0 Å². The van der Waals surface area contributed by atoms with E-state index in [-0.39, 0.29) is 11.9 Å². The average molecular weight is 891 g/mol. The fourth-order valence-corrected chi connectivity index (χ4v) is 9.57. The fraction of sp³-hybridized carbons (Fsp3) is 0.964. The van der Waals surface area contributed by atoms with Gasteiger partial charge in [-0.25, -0.2) is 0 Å². The summed E-state index contributed by atoms with van der Waals surface area (Å²) in [5.41, 5.74) is 0. The minimum Gasteiger partial charge on any atom is -0.465 e. The van der Waals surface area contributed by atoms with Crippen LogP contribution in [-0.2, 0) is 19.1 Å². The number of carbonyl (C=O) groups excluding carboxylic acids is 2. The Morgan fingerprint density at radius 3 is 1.05 bits per heavy atom. The summed E-state index contributed by atoms with van der Waals surface area (Å²) in [6, 6.07) is 0. The monoisotopic (exact) mass is 890 g/mol. The van der Waals surface area contributed by atoms with E-state index in [9.17, 15) is 9.59 Å². The van der Waals surface area contributed by atoms with Gasteiger partial charge in [-0.3, -0.25) is 9.59 Å². The molecule has 0 saturated carbocycles. The molecular weight excluding hydrogens is 779 g/mol. The Bertz CT molecular complexity index is 910. The van der Waals surface area contributed by atoms with Crippen molar-refractivity contribution in [1.29, 1.82) is 0 Å². The van der Waals surface area contributed by atoms with E-state index in [4.69, 9.17) is 9.47 Å². The topological polar surface area (TPSA) is 62.3 Å². The van der Waals surface area contributed by atoms with Gasteiger partial charge in [0.05, 0.1) is 13.2 Å². The van der Waals surface area contributed by atoms with Crippen molar-refractivity contribution in [1.82, 2.24) is 14.7 Å². The van der Waals surface area contributed by atoms with Gasteiger partial charge in [-0.2, -0.15) is 0 Å². The number of hydrogen-bond acceptors (Lipinski definition) is 7. The van der Waals surface area contributed by atoms with Crippen LogP contribution in [0.5, 0.6) is 0 Å². The molecule has 7 heteroatoms. The second-order valence-corrected chi connectivity index (χ2v) is 20.3. The Kier molecular flexibility index (Phi) is 43.6. The minimum atomic E-state index is -0.0256. The SMILES string of the molecule is CCCCCCCCCCC(CCCCCCCC)COC(=O)CCCN(CCCC(=O)OCC(CCCCCCCC)CCCCCCCCCC)CCCN1CCN(C)CC1. The number of carbonyl (C=O) groups is 2. The second-order valence-electron chi connectivity index (χ2n) is 20.3. The first-order valence-electron chi connectivity index (χ1n) is 28.4. The van der Waals surface area contributed by atoms with E-state index in [0.29, 0.717) is 37.9 Å². The molecule has 0 radical (unpaired) electrons. The number of unbranched alkanes of at least 4 members (excludes halogenated alkanes) is 24. The second kappa shape index (κ2) is 46.0. The van der Waals surface area contributed by atoms with Crippen molar-refractivity contribution >= 4 is 11.9 Å². The zero-order chi connectivity index (χ0) is 45.7. The summed E-state index contributed by atoms with van der Waals surface area (Å²) in [5, 5.41) is 0. The number of ether oxygens (including phenoxy) is 2. The largest absolute Gasteiger partial charge is 0.465 e. The van der Waals surface area contributed by atoms with E-state index in [2.05, 4.69) is 49.4 Å². The van der Waals surface area contributed by atoms with Crippen molar-refractivity contribution in [3.05, 3.63) is 0 Å². The van der Waals surface area contributed by atoms with Crippen LogP contribution < -0.4 is 0 Å². The Morgan fingerprint density at radius 1 is 0.413 bits per heavy atom. The number of rotatable bonds is 48. The van der Waals surface area contributed by atoms with E-state index in [1.165, 1.54) is 205 Å². The molecule has 0 bridgehead atoms. The first-order valence-corrected chi connectivity index (χ1v) is 28.4. The Labute approximate surface area is 394 Å². The lowest BCUT2D eigenvalue weighted by molar-refractivity contribution is -0.146. The summed E-state index contributed by atoms with van der Waals surface area (Å²) in [6.07, 6.45) is 45.8. The lowest BCUT2D eigenvalue weighted by Gasteiger charge is -2.33. The third-order valence-electron chi connectivity index (χ3n) is 14.1. The highest BCUT2D eigenvalue weighted by atomic mass is 16.5. The Morgan fingerprint density at radius 2 is 0.714 bits per heavy atom. The summed E-state index contributed by atoms with van der Waals surface area (Å²) in [5.74, 6) is 0.952. The van der Waals surface area contributed by atoms with Crippen LogP contribution >= 0.6 is 0 Å². The van der Waals surface area contributed by atoms with Gasteiger partial charge in [0.2, 0.25) is 0 Å². The maximum Gasteiger partial charge on any atom is 0.305 e. The van der Waals surface area contributed by atoms with Crippen LogP contribution in [0.1, 0.15) is 265 Å². The molecule has 0 aromatic rings. The van der Waals surface area contributed by atoms with Crippen LogP contribution in [0, 0.1) is 11.8 Å². The number of likely N-dealkylation sites (N-methyl/N-ethyl adjacent to an activating group) is 1. The number of hydrogen-bond donors (Lipinski definition) is 0. The molecular formula is C56H111N3O4. The van der Waals surface area contributed by atoms with E-state index < -0.39 is 0 Å². The zero-order valence-corrected chi connectivity index (χ0v) is 43.4. The average Bonchev–Trinajstić information content (AvgIpc) is 3.28. The smallest absolute Gasteiger partial charge is 0.305 e. The van der Waals surface area contributed by atoms with Crippen LogP contribution in [0.25, 0.3) is 0 Å². The highest BCUT2D eigenvalue weighted by Gasteiger charge is 2.17. The Hall–Kier alpha value is -1.18. The highest BCUT2D eigenvalue weighted by molar-refractivity contribution is 5.69. The lowest BCUT2D eigenvalue weighted by atomic mass is 9.94. The van der Waals surface area contributed by atoms with E-state index in [1.807, 2.05) is 0 Å². The summed E-state index contributed by atoms with van der Waals surface area (Å²) >= 11 is 0. The summed E-state index contributed by atoms with van der Waals surface area (Å²) in [6.45, 7) is 18.8. The molecule has 63 heavy (non-hydrogen) atoms. The van der Waals surface area contributed by atoms with Crippen molar-refractivity contribution in [3.8, 4) is 0 Å². The molecule has 0 aromatic carbocycles. The third kappa shape index (κ3) is 39.7. The van der Waals surface area contributed by atoms with Crippen molar-refractivity contribution in [2.45, 2.75) is 265 Å². The molecule has 0 aromatic heterocycles. The van der Waals surface area contributed by atoms with E-state index in [1.54, 1.807) is 0 Å². The standard InChI is InChI=1S/C56H111N3O4/c1-6-10-14-18-22-24-28-32-39-53(37-30-26-20-16-12-8-3)51-62-55(60)41-34-43-58(45-36-46-59-49-47-57(5)48-50-59)44-35-42-56(61)63-52-54(38-31-27-21-17-13-9-4)40-33-29-25-23-19-15-11-7-2/h53-54H,6-52H2,1-5H3. The maximum atomic E-state index is 13.1. The molecule has 0 aliphatic carbocycles. The van der Waals surface area contributed by atoms with Crippen LogP contribution in [-0.4, -0.2) is 99.3 Å². The summed E-state index contributed by atoms with van der Waals surface area (Å²) < 4.78 is 12.0. The van der Waals surface area contributed by atoms with E-state index in [0.717, 1.165) is 71.6 Å². The van der Waals surface area contributed by atoms with Crippen LogP contribution in [0.4, 0.5) is 0 Å². The summed E-state index contributed by atoms with van der Waals surface area (Å²) in [4.78, 5) is 33.7. The molecule has 1 aliphatic rings. The molecule has 1 rings (SSSR count).